The molecule has 112 valence electrons. The summed E-state index contributed by atoms with van der Waals surface area (Å²) in [6, 6.07) is 4.72. The molecule has 0 fully saturated rings. The zero-order valence-electron chi connectivity index (χ0n) is 11.8. The first-order valence-corrected chi connectivity index (χ1v) is 7.56. The number of nitrogens with one attached hydrogen (secondary N) is 2. The Labute approximate surface area is 122 Å². The van der Waals surface area contributed by atoms with E-state index < -0.39 is 16.0 Å². The molecule has 8 heteroatoms. The molecule has 2 aromatic rings. The Kier molecular flexibility index (Phi) is 3.99. The predicted octanol–water partition coefficient (Wildman–Crippen LogP) is 1.61. The second kappa shape index (κ2) is 5.57. The molecule has 0 aliphatic rings. The molecule has 0 unspecified atom stereocenters. The average Bonchev–Trinajstić information content (AvgIpc) is 2.88. The van der Waals surface area contributed by atoms with Gasteiger partial charge in [0.2, 0.25) is 0 Å². The first kappa shape index (κ1) is 15.0. The summed E-state index contributed by atoms with van der Waals surface area (Å²) in [5, 5.41) is -0.0390. The third-order valence-electron chi connectivity index (χ3n) is 2.95. The number of hydrogen-bond acceptors (Lipinski definition) is 5. The van der Waals surface area contributed by atoms with Gasteiger partial charge in [0, 0.05) is 0 Å². The number of ether oxygens (including phenoxy) is 1. The number of aromatic amines is 1. The zero-order chi connectivity index (χ0) is 15.6. The molecule has 0 aliphatic heterocycles. The molecule has 0 bridgehead atoms. The third kappa shape index (κ3) is 3.05. The first-order valence-electron chi connectivity index (χ1n) is 6.07. The van der Waals surface area contributed by atoms with E-state index in [-0.39, 0.29) is 5.03 Å². The normalized spacial score (nSPS) is 11.2. The number of anilines is 1. The second-order valence-corrected chi connectivity index (χ2v) is 6.06. The standard InChI is InChI=1S/C13H15N3O4S/c1-8-10(13(17)20-3)5-4-6-11(8)16-21(18,19)12-7-14-9(2)15-12/h4-7,16H,1-3H3,(H,14,15). The number of aryl methyl sites for hydroxylation is 1. The minimum atomic E-state index is -3.78. The maximum atomic E-state index is 12.2. The lowest BCUT2D eigenvalue weighted by Gasteiger charge is -2.11. The largest absolute Gasteiger partial charge is 0.465 e. The average molecular weight is 309 g/mol. The van der Waals surface area contributed by atoms with Gasteiger partial charge in [0.25, 0.3) is 10.0 Å². The minimum absolute atomic E-state index is 0.0390. The quantitative estimate of drug-likeness (QED) is 0.836. The topological polar surface area (TPSA) is 101 Å². The molecule has 21 heavy (non-hydrogen) atoms. The van der Waals surface area contributed by atoms with Crippen molar-refractivity contribution in [3.05, 3.63) is 41.3 Å². The number of aromatic nitrogens is 2. The number of benzene rings is 1. The van der Waals surface area contributed by atoms with Crippen LogP contribution in [-0.4, -0.2) is 31.5 Å². The van der Waals surface area contributed by atoms with Gasteiger partial charge in [0.05, 0.1) is 24.6 Å². The number of rotatable bonds is 4. The van der Waals surface area contributed by atoms with E-state index in [1.807, 2.05) is 0 Å². The van der Waals surface area contributed by atoms with Crippen molar-refractivity contribution in [2.45, 2.75) is 18.9 Å². The van der Waals surface area contributed by atoms with Crippen LogP contribution >= 0.6 is 0 Å². The van der Waals surface area contributed by atoms with Crippen LogP contribution in [0, 0.1) is 13.8 Å². The van der Waals surface area contributed by atoms with E-state index in [0.29, 0.717) is 22.6 Å². The van der Waals surface area contributed by atoms with Crippen LogP contribution < -0.4 is 4.72 Å². The van der Waals surface area contributed by atoms with E-state index in [9.17, 15) is 13.2 Å². The van der Waals surface area contributed by atoms with Gasteiger partial charge in [-0.25, -0.2) is 9.78 Å². The number of esters is 1. The Morgan fingerprint density at radius 3 is 2.62 bits per heavy atom. The Morgan fingerprint density at radius 2 is 2.05 bits per heavy atom. The molecular weight excluding hydrogens is 294 g/mol. The number of nitrogens with zero attached hydrogens (tertiary/aromatic N) is 1. The summed E-state index contributed by atoms with van der Waals surface area (Å²) >= 11 is 0. The molecule has 0 atom stereocenters. The molecule has 1 aromatic heterocycles. The lowest BCUT2D eigenvalue weighted by atomic mass is 10.1. The number of methoxy groups -OCH3 is 1. The molecule has 7 nitrogen and oxygen atoms in total. The van der Waals surface area contributed by atoms with Crippen molar-refractivity contribution < 1.29 is 17.9 Å². The second-order valence-electron chi connectivity index (χ2n) is 4.41. The SMILES string of the molecule is COC(=O)c1cccc(NS(=O)(=O)c2cnc(C)[nH]2)c1C. The van der Waals surface area contributed by atoms with Crippen LogP contribution in [0.2, 0.25) is 0 Å². The van der Waals surface area contributed by atoms with Crippen molar-refractivity contribution in [3.63, 3.8) is 0 Å². The highest BCUT2D eigenvalue weighted by Crippen LogP contribution is 2.22. The maximum Gasteiger partial charge on any atom is 0.338 e. The van der Waals surface area contributed by atoms with Crippen molar-refractivity contribution in [1.82, 2.24) is 9.97 Å². The molecule has 0 saturated carbocycles. The number of H-pyrrole nitrogens is 1. The van der Waals surface area contributed by atoms with E-state index in [2.05, 4.69) is 19.4 Å². The minimum Gasteiger partial charge on any atom is -0.465 e. The Morgan fingerprint density at radius 1 is 1.33 bits per heavy atom. The summed E-state index contributed by atoms with van der Waals surface area (Å²) in [5.74, 6) is -0.0265. The van der Waals surface area contributed by atoms with Crippen LogP contribution in [0.3, 0.4) is 0 Å². The number of imidazole rings is 1. The predicted molar refractivity (Wildman–Crippen MR) is 76.7 cm³/mol. The van der Waals surface area contributed by atoms with Crippen molar-refractivity contribution in [3.8, 4) is 0 Å². The van der Waals surface area contributed by atoms with E-state index in [4.69, 9.17) is 0 Å². The van der Waals surface area contributed by atoms with Crippen molar-refractivity contribution in [2.24, 2.45) is 0 Å². The van der Waals surface area contributed by atoms with Crippen LogP contribution in [0.15, 0.2) is 29.4 Å². The summed E-state index contributed by atoms with van der Waals surface area (Å²) in [4.78, 5) is 18.1. The van der Waals surface area contributed by atoms with E-state index in [0.717, 1.165) is 0 Å². The molecular formula is C13H15N3O4S. The number of carbonyl (C=O) groups is 1. The molecule has 1 aromatic carbocycles. The number of hydrogen-bond donors (Lipinski definition) is 2. The molecule has 1 heterocycles. The van der Waals surface area contributed by atoms with Gasteiger partial charge in [-0.15, -0.1) is 0 Å². The molecule has 0 radical (unpaired) electrons. The molecule has 2 N–H and O–H groups in total. The van der Waals surface area contributed by atoms with Gasteiger partial charge in [-0.2, -0.15) is 8.42 Å². The van der Waals surface area contributed by atoms with E-state index in [1.54, 1.807) is 32.0 Å². The van der Waals surface area contributed by atoms with Crippen LogP contribution in [0.1, 0.15) is 21.7 Å². The summed E-state index contributed by atoms with van der Waals surface area (Å²) in [6.07, 6.45) is 1.23. The highest BCUT2D eigenvalue weighted by Gasteiger charge is 2.19. The van der Waals surface area contributed by atoms with Crippen LogP contribution in [-0.2, 0) is 14.8 Å². The van der Waals surface area contributed by atoms with Crippen molar-refractivity contribution in [1.29, 1.82) is 0 Å². The third-order valence-corrected chi connectivity index (χ3v) is 4.23. The van der Waals surface area contributed by atoms with Gasteiger partial charge in [-0.3, -0.25) is 4.72 Å². The van der Waals surface area contributed by atoms with Gasteiger partial charge < -0.3 is 9.72 Å². The number of carbonyl (C=O) groups excluding carboxylic acids is 1. The molecule has 0 spiro atoms. The highest BCUT2D eigenvalue weighted by atomic mass is 32.2. The zero-order valence-corrected chi connectivity index (χ0v) is 12.6. The van der Waals surface area contributed by atoms with Gasteiger partial charge >= 0.3 is 5.97 Å². The van der Waals surface area contributed by atoms with Crippen LogP contribution in [0.5, 0.6) is 0 Å². The van der Waals surface area contributed by atoms with E-state index in [1.165, 1.54) is 13.3 Å². The summed E-state index contributed by atoms with van der Waals surface area (Å²) < 4.78 is 31.5. The van der Waals surface area contributed by atoms with Crippen LogP contribution in [0.25, 0.3) is 0 Å². The monoisotopic (exact) mass is 309 g/mol. The molecule has 0 aliphatic carbocycles. The number of sulfonamides is 1. The molecule has 0 saturated heterocycles. The first-order chi connectivity index (χ1) is 9.85. The fraction of sp³-hybridized carbons (Fsp3) is 0.231. The molecule has 0 amide bonds. The fourth-order valence-electron chi connectivity index (χ4n) is 1.81. The lowest BCUT2D eigenvalue weighted by molar-refractivity contribution is 0.0600. The van der Waals surface area contributed by atoms with Crippen LogP contribution in [0.4, 0.5) is 5.69 Å². The van der Waals surface area contributed by atoms with Crippen molar-refractivity contribution >= 4 is 21.7 Å². The Bertz CT molecular complexity index is 780. The van der Waals surface area contributed by atoms with Gasteiger partial charge in [0.1, 0.15) is 5.82 Å². The maximum absolute atomic E-state index is 12.2. The van der Waals surface area contributed by atoms with Gasteiger partial charge in [0.15, 0.2) is 5.03 Å². The summed E-state index contributed by atoms with van der Waals surface area (Å²) in [6.45, 7) is 3.30. The highest BCUT2D eigenvalue weighted by molar-refractivity contribution is 7.92. The van der Waals surface area contributed by atoms with Crippen molar-refractivity contribution in [2.75, 3.05) is 11.8 Å². The summed E-state index contributed by atoms with van der Waals surface area (Å²) in [5.41, 5.74) is 1.10. The molecule has 2 rings (SSSR count). The Balaban J connectivity index is 2.38. The van der Waals surface area contributed by atoms with E-state index >= 15 is 0 Å². The summed E-state index contributed by atoms with van der Waals surface area (Å²) in [7, 11) is -2.51. The Hall–Kier alpha value is -2.35. The van der Waals surface area contributed by atoms with Gasteiger partial charge in [-0.05, 0) is 31.5 Å². The smallest absolute Gasteiger partial charge is 0.338 e. The fourth-order valence-corrected chi connectivity index (χ4v) is 2.91. The lowest BCUT2D eigenvalue weighted by Crippen LogP contribution is -2.15. The van der Waals surface area contributed by atoms with Gasteiger partial charge in [-0.1, -0.05) is 6.07 Å².